The molecule has 1 aromatic rings. The molecule has 24 heavy (non-hydrogen) atoms. The first-order chi connectivity index (χ1) is 11.3. The summed E-state index contributed by atoms with van der Waals surface area (Å²) in [6.45, 7) is 6.56. The standard InChI is InChI=1S/C21H35N2.BrH/c1-23(16-9-4-10-17-23)18-15-22(21-13-7-3-8-14-21)19-20-11-5-2-6-12-20;/h3,7-8,13-14,20H,2,4-6,9-12,15-19H2,1H3;1H/q+1;/p-1. The molecule has 1 heterocycles. The van der Waals surface area contributed by atoms with E-state index in [1.165, 1.54) is 94.3 Å². The molecule has 3 rings (SSSR count). The number of likely N-dealkylation sites (tertiary alicyclic amines) is 1. The van der Waals surface area contributed by atoms with Crippen LogP contribution < -0.4 is 21.9 Å². The van der Waals surface area contributed by atoms with Gasteiger partial charge in [0.05, 0.1) is 33.2 Å². The number of hydrogen-bond acceptors (Lipinski definition) is 1. The Bertz CT molecular complexity index is 450. The van der Waals surface area contributed by atoms with Crippen LogP contribution in [-0.2, 0) is 0 Å². The Morgan fingerprint density at radius 3 is 2.21 bits per heavy atom. The van der Waals surface area contributed by atoms with Crippen LogP contribution in [0, 0.1) is 5.92 Å². The molecular weight excluding hydrogens is 360 g/mol. The van der Waals surface area contributed by atoms with Gasteiger partial charge < -0.3 is 26.4 Å². The van der Waals surface area contributed by atoms with Crippen LogP contribution in [0.15, 0.2) is 30.3 Å². The number of hydrogen-bond donors (Lipinski definition) is 0. The fourth-order valence-corrected chi connectivity index (χ4v) is 4.51. The summed E-state index contributed by atoms with van der Waals surface area (Å²) in [6.07, 6.45) is 11.5. The first-order valence-electron chi connectivity index (χ1n) is 9.89. The molecule has 0 spiro atoms. The predicted octanol–water partition coefficient (Wildman–Crippen LogP) is 1.71. The second kappa shape index (κ2) is 9.82. The highest BCUT2D eigenvalue weighted by molar-refractivity contribution is 5.46. The van der Waals surface area contributed by atoms with E-state index < -0.39 is 0 Å². The summed E-state index contributed by atoms with van der Waals surface area (Å²) in [4.78, 5) is 2.69. The number of likely N-dealkylation sites (N-methyl/N-ethyl adjacent to an activating group) is 1. The number of rotatable bonds is 6. The number of para-hydroxylation sites is 1. The largest absolute Gasteiger partial charge is 1.00 e. The molecule has 0 aromatic heterocycles. The molecule has 0 radical (unpaired) electrons. The van der Waals surface area contributed by atoms with Crippen LogP contribution in [0.25, 0.3) is 0 Å². The van der Waals surface area contributed by atoms with Crippen LogP contribution in [0.3, 0.4) is 0 Å². The van der Waals surface area contributed by atoms with E-state index in [2.05, 4.69) is 42.3 Å². The summed E-state index contributed by atoms with van der Waals surface area (Å²) in [5.74, 6) is 0.913. The van der Waals surface area contributed by atoms with Crippen molar-refractivity contribution in [1.82, 2.24) is 0 Å². The minimum absolute atomic E-state index is 0. The van der Waals surface area contributed by atoms with Crippen LogP contribution in [0.4, 0.5) is 5.69 Å². The number of anilines is 1. The van der Waals surface area contributed by atoms with E-state index in [0.29, 0.717) is 0 Å². The maximum absolute atomic E-state index is 2.69. The van der Waals surface area contributed by atoms with Crippen molar-refractivity contribution in [3.63, 3.8) is 0 Å². The van der Waals surface area contributed by atoms with Crippen LogP contribution in [0.1, 0.15) is 51.4 Å². The highest BCUT2D eigenvalue weighted by atomic mass is 79.9. The van der Waals surface area contributed by atoms with E-state index in [1.54, 1.807) is 0 Å². The highest BCUT2D eigenvalue weighted by Crippen LogP contribution is 2.27. The third kappa shape index (κ3) is 5.77. The van der Waals surface area contributed by atoms with Crippen molar-refractivity contribution in [3.05, 3.63) is 30.3 Å². The third-order valence-corrected chi connectivity index (χ3v) is 6.13. The monoisotopic (exact) mass is 394 g/mol. The lowest BCUT2D eigenvalue weighted by atomic mass is 9.89. The molecule has 136 valence electrons. The Balaban J connectivity index is 0.00000208. The van der Waals surface area contributed by atoms with Crippen molar-refractivity contribution in [2.24, 2.45) is 5.92 Å². The van der Waals surface area contributed by atoms with Crippen LogP contribution in [0.2, 0.25) is 0 Å². The molecule has 0 N–H and O–H groups in total. The van der Waals surface area contributed by atoms with E-state index in [4.69, 9.17) is 0 Å². The molecule has 1 saturated heterocycles. The third-order valence-electron chi connectivity index (χ3n) is 6.13. The fraction of sp³-hybridized carbons (Fsp3) is 0.714. The van der Waals surface area contributed by atoms with Crippen molar-refractivity contribution in [2.45, 2.75) is 51.4 Å². The zero-order valence-electron chi connectivity index (χ0n) is 15.4. The van der Waals surface area contributed by atoms with Gasteiger partial charge in [-0.05, 0) is 50.2 Å². The van der Waals surface area contributed by atoms with Gasteiger partial charge in [-0.25, -0.2) is 0 Å². The minimum Gasteiger partial charge on any atom is -1.00 e. The molecule has 0 atom stereocenters. The maximum Gasteiger partial charge on any atom is 0.0962 e. The summed E-state index contributed by atoms with van der Waals surface area (Å²) in [5, 5.41) is 0. The summed E-state index contributed by atoms with van der Waals surface area (Å²) in [7, 11) is 2.48. The molecular formula is C21H35BrN2. The smallest absolute Gasteiger partial charge is 0.0962 e. The molecule has 1 saturated carbocycles. The van der Waals surface area contributed by atoms with Gasteiger partial charge in [-0.1, -0.05) is 37.5 Å². The SMILES string of the molecule is C[N+]1(CCN(CC2CCCCC2)c2ccccc2)CCCCC1.[Br-]. The Morgan fingerprint density at radius 1 is 0.917 bits per heavy atom. The van der Waals surface area contributed by atoms with E-state index >= 15 is 0 Å². The average molecular weight is 395 g/mol. The lowest BCUT2D eigenvalue weighted by molar-refractivity contribution is -0.912. The van der Waals surface area contributed by atoms with E-state index in [0.717, 1.165) is 5.92 Å². The van der Waals surface area contributed by atoms with Gasteiger partial charge in [0.2, 0.25) is 0 Å². The van der Waals surface area contributed by atoms with Gasteiger partial charge in [-0.3, -0.25) is 0 Å². The normalized spacial score (nSPS) is 21.0. The minimum atomic E-state index is 0. The van der Waals surface area contributed by atoms with Gasteiger partial charge in [0.15, 0.2) is 0 Å². The lowest BCUT2D eigenvalue weighted by Crippen LogP contribution is -3.00. The molecule has 2 aliphatic rings. The van der Waals surface area contributed by atoms with Crippen LogP contribution in [-0.4, -0.2) is 44.3 Å². The second-order valence-corrected chi connectivity index (χ2v) is 8.14. The fourth-order valence-electron chi connectivity index (χ4n) is 4.51. The van der Waals surface area contributed by atoms with Crippen molar-refractivity contribution < 1.29 is 21.5 Å². The zero-order valence-corrected chi connectivity index (χ0v) is 17.0. The summed E-state index contributed by atoms with van der Waals surface area (Å²) < 4.78 is 1.29. The molecule has 2 fully saturated rings. The van der Waals surface area contributed by atoms with Crippen molar-refractivity contribution >= 4 is 5.69 Å². The van der Waals surface area contributed by atoms with Gasteiger partial charge in [-0.2, -0.15) is 0 Å². The Labute approximate surface area is 159 Å². The summed E-state index contributed by atoms with van der Waals surface area (Å²) in [5.41, 5.74) is 1.43. The van der Waals surface area contributed by atoms with Crippen LogP contribution >= 0.6 is 0 Å². The van der Waals surface area contributed by atoms with Crippen molar-refractivity contribution in [1.29, 1.82) is 0 Å². The first-order valence-corrected chi connectivity index (χ1v) is 9.89. The maximum atomic E-state index is 2.69. The number of piperidine rings is 1. The summed E-state index contributed by atoms with van der Waals surface area (Å²) in [6, 6.07) is 11.1. The highest BCUT2D eigenvalue weighted by Gasteiger charge is 2.26. The number of nitrogens with zero attached hydrogens (tertiary/aromatic N) is 2. The zero-order chi connectivity index (χ0) is 16.0. The van der Waals surface area contributed by atoms with Gasteiger partial charge in [0.1, 0.15) is 0 Å². The molecule has 1 aliphatic carbocycles. The van der Waals surface area contributed by atoms with Crippen LogP contribution in [0.5, 0.6) is 0 Å². The Hall–Kier alpha value is -0.540. The molecule has 0 unspecified atom stereocenters. The summed E-state index contributed by atoms with van der Waals surface area (Å²) >= 11 is 0. The lowest BCUT2D eigenvalue weighted by Gasteiger charge is -2.40. The number of benzene rings is 1. The van der Waals surface area contributed by atoms with Crippen molar-refractivity contribution in [2.75, 3.05) is 44.7 Å². The van der Waals surface area contributed by atoms with E-state index in [-0.39, 0.29) is 17.0 Å². The van der Waals surface area contributed by atoms with Gasteiger partial charge in [-0.15, -0.1) is 0 Å². The predicted molar refractivity (Wildman–Crippen MR) is 99.9 cm³/mol. The van der Waals surface area contributed by atoms with E-state index in [1.807, 2.05) is 0 Å². The van der Waals surface area contributed by atoms with E-state index in [9.17, 15) is 0 Å². The number of halogens is 1. The molecule has 0 bridgehead atoms. The van der Waals surface area contributed by atoms with Gasteiger partial charge in [0, 0.05) is 12.2 Å². The topological polar surface area (TPSA) is 3.24 Å². The first kappa shape index (κ1) is 19.8. The quantitative estimate of drug-likeness (QED) is 0.663. The Kier molecular flexibility index (Phi) is 8.09. The second-order valence-electron chi connectivity index (χ2n) is 8.14. The van der Waals surface area contributed by atoms with Gasteiger partial charge in [0.25, 0.3) is 0 Å². The molecule has 2 nitrogen and oxygen atoms in total. The Morgan fingerprint density at radius 2 is 1.54 bits per heavy atom. The van der Waals surface area contributed by atoms with Crippen molar-refractivity contribution in [3.8, 4) is 0 Å². The molecule has 1 aromatic carbocycles. The average Bonchev–Trinajstić information content (AvgIpc) is 2.61. The molecule has 0 amide bonds. The molecule has 1 aliphatic heterocycles. The molecule has 3 heteroatoms. The van der Waals surface area contributed by atoms with Gasteiger partial charge >= 0.3 is 0 Å². The number of quaternary nitrogens is 1.